The molecule has 7 rings (SSSR count). The van der Waals surface area contributed by atoms with Gasteiger partial charge in [-0.2, -0.15) is 9.97 Å². The summed E-state index contributed by atoms with van der Waals surface area (Å²) in [5.41, 5.74) is 1.02. The Balaban J connectivity index is 1.25. The minimum absolute atomic E-state index is 0.108. The maximum absolute atomic E-state index is 16.6. The van der Waals surface area contributed by atoms with Gasteiger partial charge in [-0.25, -0.2) is 4.39 Å². The van der Waals surface area contributed by atoms with E-state index in [0.717, 1.165) is 49.7 Å². The van der Waals surface area contributed by atoms with Gasteiger partial charge in [0.05, 0.1) is 24.7 Å². The molecule has 3 aliphatic heterocycles. The highest BCUT2D eigenvalue weighted by Gasteiger charge is 2.35. The predicted molar refractivity (Wildman–Crippen MR) is 166 cm³/mol. The van der Waals surface area contributed by atoms with Crippen LogP contribution in [0.25, 0.3) is 32.9 Å². The Morgan fingerprint density at radius 1 is 1.05 bits per heavy atom. The van der Waals surface area contributed by atoms with E-state index in [2.05, 4.69) is 32.1 Å². The summed E-state index contributed by atoms with van der Waals surface area (Å²) >= 11 is 6.60. The smallest absolute Gasteiger partial charge is 0.319 e. The third-order valence-electron chi connectivity index (χ3n) is 8.96. The van der Waals surface area contributed by atoms with E-state index in [4.69, 9.17) is 30.8 Å². The molecule has 0 amide bonds. The number of rotatable bonds is 9. The minimum atomic E-state index is -0.513. The molecule has 3 fully saturated rings. The second kappa shape index (κ2) is 12.1. The number of likely N-dealkylation sites (N-methyl/N-ethyl adjacent to an activating group) is 1. The molecule has 0 spiro atoms. The van der Waals surface area contributed by atoms with Crippen molar-refractivity contribution in [3.63, 3.8) is 0 Å². The molecule has 4 aromatic rings. The van der Waals surface area contributed by atoms with Crippen molar-refractivity contribution in [1.82, 2.24) is 25.2 Å². The van der Waals surface area contributed by atoms with Crippen molar-refractivity contribution in [1.29, 1.82) is 0 Å². The quantitative estimate of drug-likeness (QED) is 0.273. The lowest BCUT2D eigenvalue weighted by Gasteiger charge is -2.34. The summed E-state index contributed by atoms with van der Waals surface area (Å²) in [6, 6.07) is 12.4. The number of pyridine rings is 1. The number of piperazine rings is 1. The standard InChI is InChI=1S/C32H36ClFN6O3/c1-39-17-23(42-12-11-41-2)13-22(39)18-43-32-37-30-25(31(38-32)40-15-20-9-10-21(16-40)36-20)14-35-29(28(30)34)24-7-3-5-19-6-4-8-26(33)27(19)24/h3-8,14,20-23,36H,9-13,15-18H2,1-2H3/t20-,21+,22-,23+/m0/s1. The molecule has 226 valence electrons. The summed E-state index contributed by atoms with van der Waals surface area (Å²) in [6.45, 7) is 3.88. The lowest BCUT2D eigenvalue weighted by molar-refractivity contribution is 0.0229. The van der Waals surface area contributed by atoms with Gasteiger partial charge in [0, 0.05) is 67.0 Å². The highest BCUT2D eigenvalue weighted by molar-refractivity contribution is 6.36. The predicted octanol–water partition coefficient (Wildman–Crippen LogP) is 4.69. The second-order valence-corrected chi connectivity index (χ2v) is 12.2. The van der Waals surface area contributed by atoms with Crippen LogP contribution in [0.3, 0.4) is 0 Å². The Morgan fingerprint density at radius 2 is 1.84 bits per heavy atom. The van der Waals surface area contributed by atoms with Crippen molar-refractivity contribution in [3.05, 3.63) is 53.4 Å². The van der Waals surface area contributed by atoms with Crippen LogP contribution in [0.1, 0.15) is 19.3 Å². The van der Waals surface area contributed by atoms with Crippen LogP contribution in [0.4, 0.5) is 10.2 Å². The van der Waals surface area contributed by atoms with Gasteiger partial charge in [0.1, 0.15) is 23.6 Å². The van der Waals surface area contributed by atoms with Crippen LogP contribution in [-0.4, -0.2) is 97.7 Å². The van der Waals surface area contributed by atoms with Crippen molar-refractivity contribution in [2.45, 2.75) is 43.5 Å². The molecule has 0 radical (unpaired) electrons. The Kier molecular flexibility index (Phi) is 8.04. The van der Waals surface area contributed by atoms with E-state index in [9.17, 15) is 0 Å². The number of halogens is 2. The average molecular weight is 607 g/mol. The average Bonchev–Trinajstić information content (AvgIpc) is 3.55. The number of nitrogens with zero attached hydrogens (tertiary/aromatic N) is 5. The van der Waals surface area contributed by atoms with Crippen LogP contribution in [0.15, 0.2) is 42.6 Å². The largest absolute Gasteiger partial charge is 0.462 e. The first-order chi connectivity index (χ1) is 21.0. The van der Waals surface area contributed by atoms with Crippen molar-refractivity contribution >= 4 is 39.1 Å². The first kappa shape index (κ1) is 28.6. The van der Waals surface area contributed by atoms with Gasteiger partial charge in [0.2, 0.25) is 0 Å². The van der Waals surface area contributed by atoms with Gasteiger partial charge in [-0.15, -0.1) is 0 Å². The summed E-state index contributed by atoms with van der Waals surface area (Å²) in [5.74, 6) is 0.147. The SMILES string of the molecule is COCCO[C@@H]1C[C@@H](COc2nc(N3C[C@H]4CC[C@@H](C3)N4)c3cnc(-c4cccc5cccc(Cl)c45)c(F)c3n2)N(C)C1. The molecule has 1 N–H and O–H groups in total. The lowest BCUT2D eigenvalue weighted by atomic mass is 10.0. The Bertz CT molecular complexity index is 1630. The summed E-state index contributed by atoms with van der Waals surface area (Å²) in [5, 5.41) is 6.46. The third-order valence-corrected chi connectivity index (χ3v) is 9.28. The molecule has 0 unspecified atom stereocenters. The molecule has 2 aromatic carbocycles. The summed E-state index contributed by atoms with van der Waals surface area (Å²) in [4.78, 5) is 18.6. The lowest BCUT2D eigenvalue weighted by Crippen LogP contribution is -2.51. The number of fused-ring (bicyclic) bond motifs is 4. The van der Waals surface area contributed by atoms with Gasteiger partial charge in [0.15, 0.2) is 5.82 Å². The molecule has 2 bridgehead atoms. The van der Waals surface area contributed by atoms with Crippen LogP contribution in [0, 0.1) is 5.82 Å². The van der Waals surface area contributed by atoms with Gasteiger partial charge in [0.25, 0.3) is 0 Å². The molecule has 43 heavy (non-hydrogen) atoms. The van der Waals surface area contributed by atoms with Crippen molar-refractivity contribution in [3.8, 4) is 17.3 Å². The van der Waals surface area contributed by atoms with E-state index in [1.807, 2.05) is 36.4 Å². The monoisotopic (exact) mass is 606 g/mol. The van der Waals surface area contributed by atoms with Gasteiger partial charge in [-0.3, -0.25) is 9.88 Å². The zero-order chi connectivity index (χ0) is 29.5. The maximum atomic E-state index is 16.6. The van der Waals surface area contributed by atoms with E-state index < -0.39 is 5.82 Å². The van der Waals surface area contributed by atoms with Crippen LogP contribution in [0.5, 0.6) is 6.01 Å². The van der Waals surface area contributed by atoms with E-state index in [-0.39, 0.29) is 29.4 Å². The van der Waals surface area contributed by atoms with Crippen LogP contribution in [-0.2, 0) is 9.47 Å². The molecule has 5 heterocycles. The Hall–Kier alpha value is -3.15. The summed E-state index contributed by atoms with van der Waals surface area (Å²) in [7, 11) is 3.73. The number of nitrogens with one attached hydrogen (secondary N) is 1. The Labute approximate surface area is 255 Å². The molecule has 11 heteroatoms. The van der Waals surface area contributed by atoms with Crippen molar-refractivity contribution < 1.29 is 18.6 Å². The minimum Gasteiger partial charge on any atom is -0.462 e. The molecule has 9 nitrogen and oxygen atoms in total. The topological polar surface area (TPSA) is 84.9 Å². The van der Waals surface area contributed by atoms with Crippen LogP contribution >= 0.6 is 11.6 Å². The summed E-state index contributed by atoms with van der Waals surface area (Å²) < 4.78 is 33.9. The normalized spacial score (nSPS) is 24.0. The van der Waals surface area contributed by atoms with Crippen LogP contribution in [0.2, 0.25) is 5.02 Å². The molecule has 0 aliphatic carbocycles. The fraction of sp³-hybridized carbons (Fsp3) is 0.469. The van der Waals surface area contributed by atoms with Crippen molar-refractivity contribution in [2.24, 2.45) is 0 Å². The fourth-order valence-corrected chi connectivity index (χ4v) is 7.07. The van der Waals surface area contributed by atoms with Gasteiger partial charge in [-0.05, 0) is 37.8 Å². The molecule has 0 saturated carbocycles. The first-order valence-electron chi connectivity index (χ1n) is 15.0. The maximum Gasteiger partial charge on any atom is 0.319 e. The zero-order valence-electron chi connectivity index (χ0n) is 24.4. The molecule has 3 aliphatic rings. The second-order valence-electron chi connectivity index (χ2n) is 11.8. The van der Waals surface area contributed by atoms with Gasteiger partial charge in [-0.1, -0.05) is 41.9 Å². The van der Waals surface area contributed by atoms with E-state index >= 15 is 4.39 Å². The highest BCUT2D eigenvalue weighted by Crippen LogP contribution is 2.38. The van der Waals surface area contributed by atoms with Crippen LogP contribution < -0.4 is 15.0 Å². The number of anilines is 1. The number of aromatic nitrogens is 3. The number of likely N-dealkylation sites (tertiary alicyclic amines) is 1. The van der Waals surface area contributed by atoms with Gasteiger partial charge < -0.3 is 24.4 Å². The number of ether oxygens (including phenoxy) is 3. The van der Waals surface area contributed by atoms with E-state index in [1.165, 1.54) is 0 Å². The number of methoxy groups -OCH3 is 1. The molecular weight excluding hydrogens is 571 g/mol. The molecule has 4 atom stereocenters. The molecular formula is C32H36ClFN6O3. The number of hydrogen-bond donors (Lipinski definition) is 1. The van der Waals surface area contributed by atoms with Crippen molar-refractivity contribution in [2.75, 3.05) is 58.5 Å². The third kappa shape index (κ3) is 5.62. The molecule has 3 saturated heterocycles. The number of hydrogen-bond acceptors (Lipinski definition) is 9. The summed E-state index contributed by atoms with van der Waals surface area (Å²) in [6.07, 6.45) is 4.86. The molecule has 2 aromatic heterocycles. The van der Waals surface area contributed by atoms with E-state index in [1.54, 1.807) is 13.3 Å². The highest BCUT2D eigenvalue weighted by atomic mass is 35.5. The first-order valence-corrected chi connectivity index (χ1v) is 15.3. The number of benzene rings is 2. The van der Waals surface area contributed by atoms with Gasteiger partial charge >= 0.3 is 6.01 Å². The Morgan fingerprint density at radius 3 is 2.63 bits per heavy atom. The zero-order valence-corrected chi connectivity index (χ0v) is 25.2. The van der Waals surface area contributed by atoms with E-state index in [0.29, 0.717) is 53.7 Å². The fourth-order valence-electron chi connectivity index (χ4n) is 6.79.